The zero-order valence-electron chi connectivity index (χ0n) is 12.3. The number of carbonyl (C=O) groups is 1. The first kappa shape index (κ1) is 15.0. The predicted octanol–water partition coefficient (Wildman–Crippen LogP) is 2.27. The van der Waals surface area contributed by atoms with E-state index in [2.05, 4.69) is 20.6 Å². The van der Waals surface area contributed by atoms with E-state index in [1.165, 1.54) is 5.56 Å². The topological polar surface area (TPSA) is 66.9 Å². The molecule has 0 spiro atoms. The Morgan fingerprint density at radius 1 is 1.19 bits per heavy atom. The van der Waals surface area contributed by atoms with Crippen molar-refractivity contribution in [3.8, 4) is 0 Å². The fraction of sp³-hybridized carbons (Fsp3) is 0.312. The lowest BCUT2D eigenvalue weighted by Crippen LogP contribution is -2.27. The van der Waals surface area contributed by atoms with Crippen molar-refractivity contribution in [2.75, 3.05) is 11.9 Å². The Balaban J connectivity index is 1.88. The largest absolute Gasteiger partial charge is 0.352 e. The maximum atomic E-state index is 12.0. The molecule has 0 saturated carbocycles. The highest BCUT2D eigenvalue weighted by Gasteiger charge is 2.08. The molecule has 0 saturated heterocycles. The summed E-state index contributed by atoms with van der Waals surface area (Å²) in [6.45, 7) is 4.58. The van der Waals surface area contributed by atoms with Crippen LogP contribution in [0.5, 0.6) is 0 Å². The van der Waals surface area contributed by atoms with Gasteiger partial charge in [-0.25, -0.2) is 9.97 Å². The van der Waals surface area contributed by atoms with E-state index >= 15 is 0 Å². The number of aromatic nitrogens is 2. The van der Waals surface area contributed by atoms with Crippen LogP contribution in [0, 0.1) is 0 Å². The molecule has 0 aliphatic heterocycles. The van der Waals surface area contributed by atoms with Gasteiger partial charge in [0.05, 0.1) is 0 Å². The number of nitrogens with zero attached hydrogens (tertiary/aromatic N) is 2. The molecular formula is C16H20N4O. The first-order valence-corrected chi connectivity index (χ1v) is 7.07. The summed E-state index contributed by atoms with van der Waals surface area (Å²) in [7, 11) is 0. The van der Waals surface area contributed by atoms with Gasteiger partial charge in [0.1, 0.15) is 5.69 Å². The second-order valence-electron chi connectivity index (χ2n) is 5.06. The monoisotopic (exact) mass is 284 g/mol. The summed E-state index contributed by atoms with van der Waals surface area (Å²) < 4.78 is 0. The molecule has 0 radical (unpaired) electrons. The molecule has 2 rings (SSSR count). The Kier molecular flexibility index (Phi) is 5.26. The second-order valence-corrected chi connectivity index (χ2v) is 5.06. The Morgan fingerprint density at radius 2 is 1.95 bits per heavy atom. The molecule has 1 amide bonds. The van der Waals surface area contributed by atoms with Gasteiger partial charge in [0.25, 0.3) is 5.91 Å². The predicted molar refractivity (Wildman–Crippen MR) is 83.3 cm³/mol. The highest BCUT2D eigenvalue weighted by atomic mass is 16.1. The Bertz CT molecular complexity index is 584. The van der Waals surface area contributed by atoms with Gasteiger partial charge in [-0.05, 0) is 31.9 Å². The number of nitrogens with one attached hydrogen (secondary N) is 2. The quantitative estimate of drug-likeness (QED) is 0.854. The van der Waals surface area contributed by atoms with Gasteiger partial charge in [0, 0.05) is 18.8 Å². The van der Waals surface area contributed by atoms with E-state index in [-0.39, 0.29) is 11.9 Å². The number of hydrogen-bond acceptors (Lipinski definition) is 4. The summed E-state index contributed by atoms with van der Waals surface area (Å²) in [4.78, 5) is 20.3. The molecule has 110 valence electrons. The average Bonchev–Trinajstić information content (AvgIpc) is 2.48. The molecule has 0 unspecified atom stereocenters. The number of benzene rings is 1. The number of rotatable bonds is 6. The lowest BCUT2D eigenvalue weighted by atomic mass is 10.1. The summed E-state index contributed by atoms with van der Waals surface area (Å²) in [5, 5.41) is 5.95. The van der Waals surface area contributed by atoms with E-state index in [0.29, 0.717) is 18.2 Å². The van der Waals surface area contributed by atoms with Crippen molar-refractivity contribution < 1.29 is 4.79 Å². The SMILES string of the molecule is CC(C)Nc1nccc(C(=O)NCCc2ccccc2)n1. The van der Waals surface area contributed by atoms with Crippen LogP contribution in [-0.2, 0) is 6.42 Å². The van der Waals surface area contributed by atoms with Gasteiger partial charge in [-0.2, -0.15) is 0 Å². The van der Waals surface area contributed by atoms with Gasteiger partial charge in [-0.15, -0.1) is 0 Å². The van der Waals surface area contributed by atoms with E-state index in [0.717, 1.165) is 6.42 Å². The third-order valence-corrected chi connectivity index (χ3v) is 2.85. The van der Waals surface area contributed by atoms with Crippen molar-refractivity contribution in [3.63, 3.8) is 0 Å². The molecule has 0 aliphatic carbocycles. The van der Waals surface area contributed by atoms with Gasteiger partial charge < -0.3 is 10.6 Å². The lowest BCUT2D eigenvalue weighted by Gasteiger charge is -2.09. The van der Waals surface area contributed by atoms with Crippen LogP contribution in [0.1, 0.15) is 29.9 Å². The Labute approximate surface area is 124 Å². The van der Waals surface area contributed by atoms with Crippen molar-refractivity contribution in [2.45, 2.75) is 26.3 Å². The molecule has 1 aromatic heterocycles. The summed E-state index contributed by atoms with van der Waals surface area (Å²) in [5.74, 6) is 0.292. The third-order valence-electron chi connectivity index (χ3n) is 2.85. The van der Waals surface area contributed by atoms with E-state index in [4.69, 9.17) is 0 Å². The number of carbonyl (C=O) groups excluding carboxylic acids is 1. The van der Waals surface area contributed by atoms with E-state index in [1.54, 1.807) is 12.3 Å². The standard InChI is InChI=1S/C16H20N4O/c1-12(2)19-16-18-11-9-14(20-16)15(21)17-10-8-13-6-4-3-5-7-13/h3-7,9,11-12H,8,10H2,1-2H3,(H,17,21)(H,18,19,20). The molecule has 5 heteroatoms. The smallest absolute Gasteiger partial charge is 0.270 e. The first-order chi connectivity index (χ1) is 10.1. The van der Waals surface area contributed by atoms with Gasteiger partial charge in [-0.3, -0.25) is 4.79 Å². The van der Waals surface area contributed by atoms with Crippen LogP contribution in [0.15, 0.2) is 42.6 Å². The fourth-order valence-electron chi connectivity index (χ4n) is 1.87. The highest BCUT2D eigenvalue weighted by Crippen LogP contribution is 2.03. The second kappa shape index (κ2) is 7.38. The minimum atomic E-state index is -0.180. The van der Waals surface area contributed by atoms with Crippen molar-refractivity contribution >= 4 is 11.9 Å². The van der Waals surface area contributed by atoms with Crippen LogP contribution in [0.2, 0.25) is 0 Å². The number of anilines is 1. The third kappa shape index (κ3) is 4.87. The zero-order chi connectivity index (χ0) is 15.1. The fourth-order valence-corrected chi connectivity index (χ4v) is 1.87. The minimum absolute atomic E-state index is 0.180. The molecule has 0 fully saturated rings. The minimum Gasteiger partial charge on any atom is -0.352 e. The van der Waals surface area contributed by atoms with Crippen LogP contribution in [-0.4, -0.2) is 28.5 Å². The average molecular weight is 284 g/mol. The van der Waals surface area contributed by atoms with Crippen LogP contribution in [0.4, 0.5) is 5.95 Å². The van der Waals surface area contributed by atoms with E-state index < -0.39 is 0 Å². The van der Waals surface area contributed by atoms with E-state index in [1.807, 2.05) is 44.2 Å². The molecule has 2 N–H and O–H groups in total. The summed E-state index contributed by atoms with van der Waals surface area (Å²) in [6, 6.07) is 11.9. The first-order valence-electron chi connectivity index (χ1n) is 7.07. The summed E-state index contributed by atoms with van der Waals surface area (Å²) in [6.07, 6.45) is 2.39. The molecule has 1 aromatic carbocycles. The molecule has 2 aromatic rings. The van der Waals surface area contributed by atoms with Crippen molar-refractivity contribution in [3.05, 3.63) is 53.9 Å². The number of hydrogen-bond donors (Lipinski definition) is 2. The van der Waals surface area contributed by atoms with Crippen molar-refractivity contribution in [1.82, 2.24) is 15.3 Å². The number of amides is 1. The zero-order valence-corrected chi connectivity index (χ0v) is 12.3. The van der Waals surface area contributed by atoms with Crippen LogP contribution in [0.3, 0.4) is 0 Å². The van der Waals surface area contributed by atoms with Crippen LogP contribution >= 0.6 is 0 Å². The molecule has 0 aliphatic rings. The molecule has 5 nitrogen and oxygen atoms in total. The Morgan fingerprint density at radius 3 is 2.67 bits per heavy atom. The summed E-state index contributed by atoms with van der Waals surface area (Å²) in [5.41, 5.74) is 1.57. The Hall–Kier alpha value is -2.43. The van der Waals surface area contributed by atoms with Gasteiger partial charge in [0.2, 0.25) is 5.95 Å². The van der Waals surface area contributed by atoms with Gasteiger partial charge >= 0.3 is 0 Å². The van der Waals surface area contributed by atoms with Gasteiger partial charge in [0.15, 0.2) is 0 Å². The maximum Gasteiger partial charge on any atom is 0.270 e. The van der Waals surface area contributed by atoms with Crippen LogP contribution in [0.25, 0.3) is 0 Å². The van der Waals surface area contributed by atoms with E-state index in [9.17, 15) is 4.79 Å². The molecular weight excluding hydrogens is 264 g/mol. The highest BCUT2D eigenvalue weighted by molar-refractivity contribution is 5.92. The molecule has 0 bridgehead atoms. The summed E-state index contributed by atoms with van der Waals surface area (Å²) >= 11 is 0. The van der Waals surface area contributed by atoms with Gasteiger partial charge in [-0.1, -0.05) is 30.3 Å². The molecule has 21 heavy (non-hydrogen) atoms. The normalized spacial score (nSPS) is 10.4. The van der Waals surface area contributed by atoms with Crippen molar-refractivity contribution in [2.24, 2.45) is 0 Å². The maximum absolute atomic E-state index is 12.0. The van der Waals surface area contributed by atoms with Crippen LogP contribution < -0.4 is 10.6 Å². The lowest BCUT2D eigenvalue weighted by molar-refractivity contribution is 0.0949. The van der Waals surface area contributed by atoms with Crippen molar-refractivity contribution in [1.29, 1.82) is 0 Å². The molecule has 0 atom stereocenters. The molecule has 1 heterocycles.